The van der Waals surface area contributed by atoms with Gasteiger partial charge in [0.2, 0.25) is 5.91 Å². The Morgan fingerprint density at radius 1 is 1.12 bits per heavy atom. The zero-order valence-corrected chi connectivity index (χ0v) is 13.4. The van der Waals surface area contributed by atoms with Crippen molar-refractivity contribution in [2.75, 3.05) is 18.0 Å². The van der Waals surface area contributed by atoms with Crippen molar-refractivity contribution in [2.45, 2.75) is 31.7 Å². The predicted molar refractivity (Wildman–Crippen MR) is 89.9 cm³/mol. The van der Waals surface area contributed by atoms with Crippen LogP contribution < -0.4 is 10.2 Å². The molecule has 1 spiro atoms. The molecular weight excluding hydrogens is 308 g/mol. The standard InChI is InChI=1S/C18H22N2O4/c21-15-3-1-14(2-4-15)20-9-7-18(8-10-20)11-13(12-18)19-16(22)5-6-17(23)24/h1-6,13,21H,7-12H2,(H,19,22)(H,23,24)/b6-5-. The van der Waals surface area contributed by atoms with Crippen molar-refractivity contribution in [1.82, 2.24) is 5.32 Å². The van der Waals surface area contributed by atoms with E-state index < -0.39 is 5.97 Å². The number of carbonyl (C=O) groups excluding carboxylic acids is 1. The highest BCUT2D eigenvalue weighted by Crippen LogP contribution is 2.49. The first kappa shape index (κ1) is 16.4. The van der Waals surface area contributed by atoms with Gasteiger partial charge in [0.15, 0.2) is 0 Å². The number of phenols is 1. The van der Waals surface area contributed by atoms with Crippen LogP contribution in [0.3, 0.4) is 0 Å². The maximum atomic E-state index is 11.6. The summed E-state index contributed by atoms with van der Waals surface area (Å²) >= 11 is 0. The second-order valence-electron chi connectivity index (χ2n) is 6.79. The lowest BCUT2D eigenvalue weighted by molar-refractivity contribution is -0.131. The number of phenolic OH excluding ortho intramolecular Hbond substituents is 1. The molecule has 2 fully saturated rings. The second kappa shape index (κ2) is 6.55. The van der Waals surface area contributed by atoms with Crippen molar-refractivity contribution in [3.05, 3.63) is 36.4 Å². The largest absolute Gasteiger partial charge is 0.508 e. The molecule has 0 atom stereocenters. The third-order valence-corrected chi connectivity index (χ3v) is 5.12. The number of hydrogen-bond acceptors (Lipinski definition) is 4. The number of carboxylic acid groups (broad SMARTS) is 1. The predicted octanol–water partition coefficient (Wildman–Crippen LogP) is 1.90. The van der Waals surface area contributed by atoms with Crippen LogP contribution >= 0.6 is 0 Å². The van der Waals surface area contributed by atoms with Crippen molar-refractivity contribution < 1.29 is 19.8 Å². The van der Waals surface area contributed by atoms with E-state index in [0.29, 0.717) is 5.41 Å². The molecule has 3 N–H and O–H groups in total. The smallest absolute Gasteiger partial charge is 0.328 e. The van der Waals surface area contributed by atoms with Gasteiger partial charge in [0, 0.05) is 37.0 Å². The molecule has 0 radical (unpaired) electrons. The molecular formula is C18H22N2O4. The average molecular weight is 330 g/mol. The van der Waals surface area contributed by atoms with Gasteiger partial charge in [-0.05, 0) is 55.4 Å². The molecule has 0 unspecified atom stereocenters. The number of aromatic hydroxyl groups is 1. The van der Waals surface area contributed by atoms with E-state index in [-0.39, 0.29) is 17.7 Å². The molecule has 1 saturated heterocycles. The summed E-state index contributed by atoms with van der Waals surface area (Å²) in [4.78, 5) is 24.3. The van der Waals surface area contributed by atoms with Gasteiger partial charge in [-0.15, -0.1) is 0 Å². The maximum absolute atomic E-state index is 11.6. The van der Waals surface area contributed by atoms with Crippen LogP contribution in [0.15, 0.2) is 36.4 Å². The minimum atomic E-state index is -1.11. The summed E-state index contributed by atoms with van der Waals surface area (Å²) in [5, 5.41) is 20.7. The van der Waals surface area contributed by atoms with Gasteiger partial charge in [0.05, 0.1) is 0 Å². The molecule has 2 aliphatic rings. The summed E-state index contributed by atoms with van der Waals surface area (Å²) in [6.45, 7) is 1.95. The van der Waals surface area contributed by atoms with Crippen LogP contribution in [0.2, 0.25) is 0 Å². The van der Waals surface area contributed by atoms with Crippen molar-refractivity contribution in [2.24, 2.45) is 5.41 Å². The van der Waals surface area contributed by atoms with Crippen molar-refractivity contribution >= 4 is 17.6 Å². The van der Waals surface area contributed by atoms with E-state index in [1.165, 1.54) is 0 Å². The summed E-state index contributed by atoms with van der Waals surface area (Å²) in [6.07, 6.45) is 6.03. The van der Waals surface area contributed by atoms with Crippen molar-refractivity contribution in [1.29, 1.82) is 0 Å². The first-order valence-corrected chi connectivity index (χ1v) is 8.21. The molecule has 1 amide bonds. The van der Waals surface area contributed by atoms with E-state index >= 15 is 0 Å². The van der Waals surface area contributed by atoms with Crippen LogP contribution in [0, 0.1) is 5.41 Å². The molecule has 1 aromatic rings. The third kappa shape index (κ3) is 3.69. The Bertz CT molecular complexity index is 637. The zero-order valence-electron chi connectivity index (χ0n) is 13.4. The zero-order chi connectivity index (χ0) is 17.2. The maximum Gasteiger partial charge on any atom is 0.328 e. The Balaban J connectivity index is 1.45. The Kier molecular flexibility index (Phi) is 4.46. The van der Waals surface area contributed by atoms with Gasteiger partial charge >= 0.3 is 5.97 Å². The molecule has 1 aromatic carbocycles. The number of rotatable bonds is 4. The van der Waals surface area contributed by atoms with E-state index in [9.17, 15) is 14.7 Å². The van der Waals surface area contributed by atoms with E-state index in [0.717, 1.165) is 56.6 Å². The topological polar surface area (TPSA) is 89.9 Å². The van der Waals surface area contributed by atoms with Gasteiger partial charge in [0.25, 0.3) is 0 Å². The summed E-state index contributed by atoms with van der Waals surface area (Å²) < 4.78 is 0. The van der Waals surface area contributed by atoms with Crippen LogP contribution in [0.25, 0.3) is 0 Å². The fourth-order valence-electron chi connectivity index (χ4n) is 3.79. The van der Waals surface area contributed by atoms with Gasteiger partial charge in [0.1, 0.15) is 5.75 Å². The van der Waals surface area contributed by atoms with Crippen molar-refractivity contribution in [3.63, 3.8) is 0 Å². The van der Waals surface area contributed by atoms with Crippen LogP contribution in [0.4, 0.5) is 5.69 Å². The summed E-state index contributed by atoms with van der Waals surface area (Å²) in [7, 11) is 0. The number of amides is 1. The Morgan fingerprint density at radius 2 is 1.75 bits per heavy atom. The van der Waals surface area contributed by atoms with E-state index in [1.54, 1.807) is 12.1 Å². The van der Waals surface area contributed by atoms with E-state index in [2.05, 4.69) is 10.2 Å². The average Bonchev–Trinajstić information content (AvgIpc) is 2.53. The Labute approximate surface area is 140 Å². The van der Waals surface area contributed by atoms with Crippen LogP contribution in [0.5, 0.6) is 5.75 Å². The van der Waals surface area contributed by atoms with Gasteiger partial charge < -0.3 is 20.4 Å². The quantitative estimate of drug-likeness (QED) is 0.734. The number of aliphatic carboxylic acids is 1. The molecule has 3 rings (SSSR count). The highest BCUT2D eigenvalue weighted by atomic mass is 16.4. The minimum absolute atomic E-state index is 0.149. The SMILES string of the molecule is O=C(O)/C=C\C(=O)NC1CC2(CCN(c3ccc(O)cc3)CC2)C1. The molecule has 1 saturated carbocycles. The fourth-order valence-corrected chi connectivity index (χ4v) is 3.79. The monoisotopic (exact) mass is 330 g/mol. The molecule has 1 heterocycles. The summed E-state index contributed by atoms with van der Waals surface area (Å²) in [5.74, 6) is -1.17. The van der Waals surface area contributed by atoms with E-state index in [1.807, 2.05) is 12.1 Å². The lowest BCUT2D eigenvalue weighted by Crippen LogP contribution is -2.54. The first-order valence-electron chi connectivity index (χ1n) is 8.21. The molecule has 6 heteroatoms. The normalized spacial score (nSPS) is 20.1. The fraction of sp³-hybridized carbons (Fsp3) is 0.444. The Morgan fingerprint density at radius 3 is 2.33 bits per heavy atom. The lowest BCUT2D eigenvalue weighted by Gasteiger charge is -2.52. The number of nitrogens with zero attached hydrogens (tertiary/aromatic N) is 1. The van der Waals surface area contributed by atoms with Crippen molar-refractivity contribution in [3.8, 4) is 5.75 Å². The summed E-state index contributed by atoms with van der Waals surface area (Å²) in [5.41, 5.74) is 1.44. The number of anilines is 1. The molecule has 0 bridgehead atoms. The third-order valence-electron chi connectivity index (χ3n) is 5.12. The van der Waals surface area contributed by atoms with E-state index in [4.69, 9.17) is 5.11 Å². The van der Waals surface area contributed by atoms with Crippen LogP contribution in [-0.2, 0) is 9.59 Å². The molecule has 6 nitrogen and oxygen atoms in total. The number of nitrogens with one attached hydrogen (secondary N) is 1. The number of carboxylic acids is 1. The Hall–Kier alpha value is -2.50. The van der Waals surface area contributed by atoms with Crippen LogP contribution in [-0.4, -0.2) is 41.2 Å². The highest BCUT2D eigenvalue weighted by Gasteiger charge is 2.46. The van der Waals surface area contributed by atoms with Gasteiger partial charge in [-0.2, -0.15) is 0 Å². The van der Waals surface area contributed by atoms with Crippen LogP contribution in [0.1, 0.15) is 25.7 Å². The molecule has 1 aliphatic carbocycles. The highest BCUT2D eigenvalue weighted by molar-refractivity contribution is 5.94. The lowest BCUT2D eigenvalue weighted by atomic mass is 9.60. The number of hydrogen-bond donors (Lipinski definition) is 3. The number of carbonyl (C=O) groups is 2. The number of benzene rings is 1. The summed E-state index contributed by atoms with van der Waals surface area (Å²) in [6, 6.07) is 7.44. The van der Waals surface area contributed by atoms with Gasteiger partial charge in [-0.1, -0.05) is 0 Å². The molecule has 0 aromatic heterocycles. The molecule has 128 valence electrons. The van der Waals surface area contributed by atoms with Gasteiger partial charge in [-0.25, -0.2) is 4.79 Å². The molecule has 24 heavy (non-hydrogen) atoms. The molecule has 1 aliphatic heterocycles. The first-order chi connectivity index (χ1) is 11.5. The number of piperidine rings is 1. The van der Waals surface area contributed by atoms with Gasteiger partial charge in [-0.3, -0.25) is 4.79 Å². The second-order valence-corrected chi connectivity index (χ2v) is 6.79. The minimum Gasteiger partial charge on any atom is -0.508 e.